The van der Waals surface area contributed by atoms with Gasteiger partial charge in [0.15, 0.2) is 0 Å². The zero-order valence-electron chi connectivity index (χ0n) is 10.6. The summed E-state index contributed by atoms with van der Waals surface area (Å²) < 4.78 is 0. The first-order valence-electron chi connectivity index (χ1n) is 6.36. The van der Waals surface area contributed by atoms with Crippen molar-refractivity contribution in [2.45, 2.75) is 26.2 Å². The third kappa shape index (κ3) is 2.87. The lowest BCUT2D eigenvalue weighted by Gasteiger charge is -2.32. The second-order valence-electron chi connectivity index (χ2n) is 4.90. The van der Waals surface area contributed by atoms with Crippen LogP contribution in [0.4, 0.5) is 0 Å². The molecule has 0 spiro atoms. The Labute approximate surface area is 117 Å². The van der Waals surface area contributed by atoms with E-state index < -0.39 is 0 Å². The molecule has 1 saturated heterocycles. The van der Waals surface area contributed by atoms with Gasteiger partial charge in [0, 0.05) is 13.1 Å². The van der Waals surface area contributed by atoms with E-state index in [9.17, 15) is 4.79 Å². The fourth-order valence-electron chi connectivity index (χ4n) is 2.44. The number of rotatable bonds is 3. The number of aryl methyl sites for hydroxylation is 1. The second kappa shape index (κ2) is 6.04. The number of halogens is 1. The molecule has 1 aliphatic rings. The highest BCUT2D eigenvalue weighted by Crippen LogP contribution is 2.30. The monoisotopic (exact) mass is 286 g/mol. The predicted molar refractivity (Wildman–Crippen MR) is 76.4 cm³/mol. The third-order valence-corrected chi connectivity index (χ3v) is 5.16. The summed E-state index contributed by atoms with van der Waals surface area (Å²) in [5.74, 6) is 0.632. The molecule has 2 N–H and O–H groups in total. The van der Waals surface area contributed by atoms with Crippen molar-refractivity contribution in [2.75, 3.05) is 19.6 Å². The van der Waals surface area contributed by atoms with Gasteiger partial charge in [-0.25, -0.2) is 0 Å². The quantitative estimate of drug-likeness (QED) is 0.929. The lowest BCUT2D eigenvalue weighted by Crippen LogP contribution is -2.40. The lowest BCUT2D eigenvalue weighted by atomic mass is 9.95. The van der Waals surface area contributed by atoms with Crippen LogP contribution in [0.25, 0.3) is 0 Å². The highest BCUT2D eigenvalue weighted by atomic mass is 35.5. The van der Waals surface area contributed by atoms with Gasteiger partial charge in [-0.1, -0.05) is 11.6 Å². The van der Waals surface area contributed by atoms with Crippen LogP contribution in [-0.4, -0.2) is 30.4 Å². The minimum atomic E-state index is 0.0832. The number of hydrogen-bond donors (Lipinski definition) is 1. The van der Waals surface area contributed by atoms with Crippen LogP contribution in [0.3, 0.4) is 0 Å². The van der Waals surface area contributed by atoms with Gasteiger partial charge in [0.05, 0.1) is 5.02 Å². The topological polar surface area (TPSA) is 46.3 Å². The molecule has 1 aromatic heterocycles. The van der Waals surface area contributed by atoms with Crippen LogP contribution in [-0.2, 0) is 0 Å². The molecule has 100 valence electrons. The average Bonchev–Trinajstić information content (AvgIpc) is 2.70. The fraction of sp³-hybridized carbons (Fsp3) is 0.615. The van der Waals surface area contributed by atoms with Crippen molar-refractivity contribution >= 4 is 28.8 Å². The largest absolute Gasteiger partial charge is 0.338 e. The minimum Gasteiger partial charge on any atom is -0.338 e. The van der Waals surface area contributed by atoms with Crippen LogP contribution in [0, 0.1) is 12.8 Å². The van der Waals surface area contributed by atoms with Crippen LogP contribution in [0.5, 0.6) is 0 Å². The molecular formula is C13H19ClN2OS. The molecule has 18 heavy (non-hydrogen) atoms. The van der Waals surface area contributed by atoms with E-state index >= 15 is 0 Å². The zero-order valence-corrected chi connectivity index (χ0v) is 12.2. The van der Waals surface area contributed by atoms with Crippen LogP contribution in [0.1, 0.15) is 34.5 Å². The van der Waals surface area contributed by atoms with E-state index in [1.165, 1.54) is 17.8 Å². The van der Waals surface area contributed by atoms with Gasteiger partial charge in [-0.15, -0.1) is 11.3 Å². The summed E-state index contributed by atoms with van der Waals surface area (Å²) in [5, 5.41) is 2.56. The van der Waals surface area contributed by atoms with Crippen molar-refractivity contribution in [3.63, 3.8) is 0 Å². The fourth-order valence-corrected chi connectivity index (χ4v) is 3.68. The molecular weight excluding hydrogens is 268 g/mol. The molecule has 2 rings (SSSR count). The molecule has 1 aromatic rings. The Hall–Kier alpha value is -0.580. The van der Waals surface area contributed by atoms with Crippen molar-refractivity contribution in [3.05, 3.63) is 20.8 Å². The van der Waals surface area contributed by atoms with Crippen molar-refractivity contribution in [1.82, 2.24) is 4.90 Å². The summed E-state index contributed by atoms with van der Waals surface area (Å²) in [4.78, 5) is 15.0. The molecule has 0 aliphatic carbocycles. The molecule has 1 fully saturated rings. The summed E-state index contributed by atoms with van der Waals surface area (Å²) in [6.07, 6.45) is 3.25. The van der Waals surface area contributed by atoms with E-state index in [4.69, 9.17) is 17.3 Å². The highest BCUT2D eigenvalue weighted by Gasteiger charge is 2.26. The molecule has 1 atom stereocenters. The van der Waals surface area contributed by atoms with Crippen molar-refractivity contribution in [2.24, 2.45) is 11.7 Å². The van der Waals surface area contributed by atoms with E-state index in [0.717, 1.165) is 31.5 Å². The maximum absolute atomic E-state index is 12.4. The van der Waals surface area contributed by atoms with Crippen molar-refractivity contribution in [1.29, 1.82) is 0 Å². The van der Waals surface area contributed by atoms with Gasteiger partial charge in [0.2, 0.25) is 0 Å². The third-order valence-electron chi connectivity index (χ3n) is 3.47. The molecule has 1 unspecified atom stereocenters. The number of hydrogen-bond acceptors (Lipinski definition) is 3. The molecule has 0 bridgehead atoms. The first-order valence-corrected chi connectivity index (χ1v) is 7.62. The Morgan fingerprint density at radius 1 is 1.67 bits per heavy atom. The van der Waals surface area contributed by atoms with Gasteiger partial charge >= 0.3 is 0 Å². The van der Waals surface area contributed by atoms with Crippen LogP contribution in [0.15, 0.2) is 5.38 Å². The minimum absolute atomic E-state index is 0.0832. The Balaban J connectivity index is 2.07. The number of carbonyl (C=O) groups excluding carboxylic acids is 1. The van der Waals surface area contributed by atoms with E-state index in [2.05, 4.69) is 0 Å². The first kappa shape index (κ1) is 13.8. The van der Waals surface area contributed by atoms with Crippen molar-refractivity contribution < 1.29 is 4.79 Å². The molecule has 2 heterocycles. The van der Waals surface area contributed by atoms with Gasteiger partial charge < -0.3 is 10.6 Å². The Bertz CT molecular complexity index is 431. The normalized spacial score (nSPS) is 20.2. The highest BCUT2D eigenvalue weighted by molar-refractivity contribution is 7.13. The standard InChI is InChI=1S/C13H19ClN2OS/c1-9-8-18-12(11(9)14)13(17)16-6-2-3-10(7-16)4-5-15/h8,10H,2-7,15H2,1H3. The summed E-state index contributed by atoms with van der Waals surface area (Å²) in [7, 11) is 0. The number of carbonyl (C=O) groups is 1. The second-order valence-corrected chi connectivity index (χ2v) is 6.16. The van der Waals surface area contributed by atoms with Gasteiger partial charge in [-0.3, -0.25) is 4.79 Å². The lowest BCUT2D eigenvalue weighted by molar-refractivity contribution is 0.0674. The Morgan fingerprint density at radius 3 is 3.06 bits per heavy atom. The molecule has 1 amide bonds. The summed E-state index contributed by atoms with van der Waals surface area (Å²) >= 11 is 7.61. The Morgan fingerprint density at radius 2 is 2.44 bits per heavy atom. The van der Waals surface area contributed by atoms with E-state index in [-0.39, 0.29) is 5.91 Å². The van der Waals surface area contributed by atoms with Gasteiger partial charge in [-0.05, 0) is 49.6 Å². The maximum atomic E-state index is 12.4. The molecule has 5 heteroatoms. The summed E-state index contributed by atoms with van der Waals surface area (Å²) in [5.41, 5.74) is 6.58. The van der Waals surface area contributed by atoms with Gasteiger partial charge in [-0.2, -0.15) is 0 Å². The average molecular weight is 287 g/mol. The number of piperidine rings is 1. The number of likely N-dealkylation sites (tertiary alicyclic amines) is 1. The summed E-state index contributed by atoms with van der Waals surface area (Å²) in [6, 6.07) is 0. The number of nitrogens with zero attached hydrogens (tertiary/aromatic N) is 1. The maximum Gasteiger partial charge on any atom is 0.265 e. The van der Waals surface area contributed by atoms with Crippen molar-refractivity contribution in [3.8, 4) is 0 Å². The van der Waals surface area contributed by atoms with Crippen LogP contribution >= 0.6 is 22.9 Å². The number of amides is 1. The molecule has 0 aromatic carbocycles. The SMILES string of the molecule is Cc1csc(C(=O)N2CCCC(CCN)C2)c1Cl. The Kier molecular flexibility index (Phi) is 4.65. The molecule has 1 aliphatic heterocycles. The van der Waals surface area contributed by atoms with Gasteiger partial charge in [0.25, 0.3) is 5.91 Å². The van der Waals surface area contributed by atoms with E-state index in [0.29, 0.717) is 22.4 Å². The zero-order chi connectivity index (χ0) is 13.1. The predicted octanol–water partition coefficient (Wildman–Crippen LogP) is 2.91. The molecule has 3 nitrogen and oxygen atoms in total. The molecule has 0 radical (unpaired) electrons. The van der Waals surface area contributed by atoms with Crippen LogP contribution < -0.4 is 5.73 Å². The van der Waals surface area contributed by atoms with Gasteiger partial charge in [0.1, 0.15) is 4.88 Å². The van der Waals surface area contributed by atoms with Crippen LogP contribution in [0.2, 0.25) is 5.02 Å². The van der Waals surface area contributed by atoms with E-state index in [1.54, 1.807) is 0 Å². The number of thiophene rings is 1. The van der Waals surface area contributed by atoms with E-state index in [1.807, 2.05) is 17.2 Å². The number of nitrogens with two attached hydrogens (primary N) is 1. The smallest absolute Gasteiger partial charge is 0.265 e. The summed E-state index contributed by atoms with van der Waals surface area (Å²) in [6.45, 7) is 4.30. The first-order chi connectivity index (χ1) is 8.63. The molecule has 0 saturated carbocycles.